The second kappa shape index (κ2) is 4.58. The standard InChI is InChI=1S/C15H15BrS/c16-14(10-12-6-9-17-11-12)15(7-8-15)13-4-2-1-3-5-13/h1-6,9,11,14H,7-8,10H2. The molecule has 1 fully saturated rings. The van der Waals surface area contributed by atoms with E-state index in [0.29, 0.717) is 10.2 Å². The molecule has 1 aliphatic carbocycles. The van der Waals surface area contributed by atoms with E-state index in [0.717, 1.165) is 6.42 Å². The first-order valence-electron chi connectivity index (χ1n) is 6.02. The second-order valence-corrected chi connectivity index (χ2v) is 6.71. The van der Waals surface area contributed by atoms with Crippen molar-refractivity contribution in [1.29, 1.82) is 0 Å². The highest BCUT2D eigenvalue weighted by Crippen LogP contribution is 2.54. The summed E-state index contributed by atoms with van der Waals surface area (Å²) in [6.45, 7) is 0. The zero-order valence-corrected chi connectivity index (χ0v) is 12.0. The molecule has 2 heteroatoms. The molecule has 17 heavy (non-hydrogen) atoms. The summed E-state index contributed by atoms with van der Waals surface area (Å²) < 4.78 is 0. The van der Waals surface area contributed by atoms with E-state index in [1.807, 2.05) is 0 Å². The van der Waals surface area contributed by atoms with Crippen LogP contribution >= 0.6 is 27.3 Å². The molecule has 0 nitrogen and oxygen atoms in total. The number of benzene rings is 1. The van der Waals surface area contributed by atoms with Gasteiger partial charge in [-0.3, -0.25) is 0 Å². The van der Waals surface area contributed by atoms with Gasteiger partial charge in [0.1, 0.15) is 0 Å². The van der Waals surface area contributed by atoms with Crippen LogP contribution in [0.15, 0.2) is 47.2 Å². The third kappa shape index (κ3) is 2.21. The first-order chi connectivity index (χ1) is 8.31. The molecule has 1 aromatic carbocycles. The Kier molecular flexibility index (Phi) is 3.10. The minimum Gasteiger partial charge on any atom is -0.152 e. The van der Waals surface area contributed by atoms with Gasteiger partial charge in [-0.2, -0.15) is 11.3 Å². The van der Waals surface area contributed by atoms with Crippen molar-refractivity contribution in [2.45, 2.75) is 29.5 Å². The highest BCUT2D eigenvalue weighted by atomic mass is 79.9. The van der Waals surface area contributed by atoms with Crippen molar-refractivity contribution in [3.63, 3.8) is 0 Å². The third-order valence-corrected chi connectivity index (χ3v) is 5.66. The van der Waals surface area contributed by atoms with Crippen LogP contribution in [0.1, 0.15) is 24.0 Å². The number of rotatable bonds is 4. The first-order valence-corrected chi connectivity index (χ1v) is 7.88. The summed E-state index contributed by atoms with van der Waals surface area (Å²) in [4.78, 5) is 0.562. The number of alkyl halides is 1. The van der Waals surface area contributed by atoms with Gasteiger partial charge in [-0.25, -0.2) is 0 Å². The fraction of sp³-hybridized carbons (Fsp3) is 0.333. The molecule has 88 valence electrons. The molecule has 1 aromatic heterocycles. The first kappa shape index (κ1) is 11.5. The Bertz CT molecular complexity index is 471. The zero-order valence-electron chi connectivity index (χ0n) is 9.60. The molecule has 0 amide bonds. The highest BCUT2D eigenvalue weighted by Gasteiger charge is 2.49. The van der Waals surface area contributed by atoms with E-state index in [9.17, 15) is 0 Å². The van der Waals surface area contributed by atoms with E-state index in [4.69, 9.17) is 0 Å². The smallest absolute Gasteiger partial charge is 0.0283 e. The minimum atomic E-state index is 0.392. The van der Waals surface area contributed by atoms with Gasteiger partial charge in [-0.15, -0.1) is 0 Å². The zero-order chi connectivity index (χ0) is 11.7. The lowest BCUT2D eigenvalue weighted by atomic mass is 9.90. The maximum Gasteiger partial charge on any atom is 0.0283 e. The van der Waals surface area contributed by atoms with E-state index in [1.54, 1.807) is 11.3 Å². The largest absolute Gasteiger partial charge is 0.152 e. The summed E-state index contributed by atoms with van der Waals surface area (Å²) >= 11 is 5.71. The summed E-state index contributed by atoms with van der Waals surface area (Å²) in [5.41, 5.74) is 3.35. The van der Waals surface area contributed by atoms with Crippen molar-refractivity contribution >= 4 is 27.3 Å². The van der Waals surface area contributed by atoms with Gasteiger partial charge in [-0.1, -0.05) is 46.3 Å². The van der Waals surface area contributed by atoms with Gasteiger partial charge >= 0.3 is 0 Å². The summed E-state index contributed by atoms with van der Waals surface area (Å²) in [5.74, 6) is 0. The van der Waals surface area contributed by atoms with E-state index < -0.39 is 0 Å². The van der Waals surface area contributed by atoms with Crippen LogP contribution in [0.25, 0.3) is 0 Å². The number of halogens is 1. The lowest BCUT2D eigenvalue weighted by Crippen LogP contribution is -2.22. The highest BCUT2D eigenvalue weighted by molar-refractivity contribution is 9.09. The molecule has 2 aromatic rings. The monoisotopic (exact) mass is 306 g/mol. The van der Waals surface area contributed by atoms with Crippen molar-refractivity contribution in [2.75, 3.05) is 0 Å². The lowest BCUT2D eigenvalue weighted by Gasteiger charge is -2.22. The predicted octanol–water partition coefficient (Wildman–Crippen LogP) is 4.79. The summed E-state index contributed by atoms with van der Waals surface area (Å²) in [6, 6.07) is 13.2. The molecule has 0 spiro atoms. The quantitative estimate of drug-likeness (QED) is 0.713. The molecule has 0 aliphatic heterocycles. The van der Waals surface area contributed by atoms with Crippen molar-refractivity contribution in [3.05, 3.63) is 58.3 Å². The average molecular weight is 307 g/mol. The SMILES string of the molecule is BrC(Cc1ccsc1)C1(c2ccccc2)CC1. The normalized spacial score (nSPS) is 18.9. The topological polar surface area (TPSA) is 0 Å². The van der Waals surface area contributed by atoms with Crippen molar-refractivity contribution < 1.29 is 0 Å². The van der Waals surface area contributed by atoms with Crippen LogP contribution in [0.3, 0.4) is 0 Å². The minimum absolute atomic E-state index is 0.392. The van der Waals surface area contributed by atoms with Crippen LogP contribution in [0.4, 0.5) is 0 Å². The number of thiophene rings is 1. The Labute approximate surface area is 115 Å². The maximum atomic E-state index is 3.92. The molecule has 1 heterocycles. The lowest BCUT2D eigenvalue weighted by molar-refractivity contribution is 0.648. The van der Waals surface area contributed by atoms with Crippen LogP contribution < -0.4 is 0 Å². The predicted molar refractivity (Wildman–Crippen MR) is 78.1 cm³/mol. The molecule has 1 aliphatic rings. The van der Waals surface area contributed by atoms with Crippen molar-refractivity contribution in [3.8, 4) is 0 Å². The Morgan fingerprint density at radius 2 is 1.94 bits per heavy atom. The van der Waals surface area contributed by atoms with E-state index in [2.05, 4.69) is 63.1 Å². The van der Waals surface area contributed by atoms with Gasteiger partial charge in [0, 0.05) is 10.2 Å². The molecule has 0 N–H and O–H groups in total. The molecule has 1 unspecified atom stereocenters. The van der Waals surface area contributed by atoms with Crippen LogP contribution in [-0.4, -0.2) is 4.83 Å². The van der Waals surface area contributed by atoms with Gasteiger partial charge in [0.2, 0.25) is 0 Å². The molecule has 1 saturated carbocycles. The number of hydrogen-bond acceptors (Lipinski definition) is 1. The molecular weight excluding hydrogens is 292 g/mol. The van der Waals surface area contributed by atoms with Crippen LogP contribution in [0, 0.1) is 0 Å². The van der Waals surface area contributed by atoms with Gasteiger partial charge in [0.15, 0.2) is 0 Å². The Morgan fingerprint density at radius 1 is 1.18 bits per heavy atom. The fourth-order valence-corrected chi connectivity index (χ4v) is 4.28. The summed E-state index contributed by atoms with van der Waals surface area (Å²) in [5, 5.41) is 4.42. The molecule has 0 radical (unpaired) electrons. The van der Waals surface area contributed by atoms with Crippen LogP contribution in [-0.2, 0) is 11.8 Å². The number of hydrogen-bond donors (Lipinski definition) is 0. The van der Waals surface area contributed by atoms with Crippen LogP contribution in [0.2, 0.25) is 0 Å². The van der Waals surface area contributed by atoms with Gasteiger partial charge < -0.3 is 0 Å². The van der Waals surface area contributed by atoms with Crippen molar-refractivity contribution in [1.82, 2.24) is 0 Å². The molecule has 0 saturated heterocycles. The van der Waals surface area contributed by atoms with Gasteiger partial charge in [-0.05, 0) is 47.2 Å². The molecular formula is C15H15BrS. The molecule has 0 bridgehead atoms. The average Bonchev–Trinajstić information content (AvgIpc) is 3.04. The van der Waals surface area contributed by atoms with Crippen molar-refractivity contribution in [2.24, 2.45) is 0 Å². The maximum absolute atomic E-state index is 3.92. The Balaban J connectivity index is 1.80. The fourth-order valence-electron chi connectivity index (χ4n) is 2.50. The van der Waals surface area contributed by atoms with Gasteiger partial charge in [0.25, 0.3) is 0 Å². The van der Waals surface area contributed by atoms with E-state index in [1.165, 1.54) is 24.0 Å². The van der Waals surface area contributed by atoms with E-state index >= 15 is 0 Å². The van der Waals surface area contributed by atoms with E-state index in [-0.39, 0.29) is 0 Å². The molecule has 3 rings (SSSR count). The van der Waals surface area contributed by atoms with Crippen LogP contribution in [0.5, 0.6) is 0 Å². The molecule has 1 atom stereocenters. The second-order valence-electron chi connectivity index (χ2n) is 4.83. The third-order valence-electron chi connectivity index (χ3n) is 3.73. The van der Waals surface area contributed by atoms with Gasteiger partial charge in [0.05, 0.1) is 0 Å². The summed E-state index contributed by atoms with van der Waals surface area (Å²) in [6.07, 6.45) is 3.77. The summed E-state index contributed by atoms with van der Waals surface area (Å²) in [7, 11) is 0. The Morgan fingerprint density at radius 3 is 2.53 bits per heavy atom. The Hall–Kier alpha value is -0.600.